The Labute approximate surface area is 170 Å². The highest BCUT2D eigenvalue weighted by atomic mass is 35.5. The Balaban J connectivity index is 1.33. The van der Waals surface area contributed by atoms with Gasteiger partial charge in [-0.25, -0.2) is 4.79 Å². The lowest BCUT2D eigenvalue weighted by Gasteiger charge is -2.38. The maximum atomic E-state index is 12.8. The predicted molar refractivity (Wildman–Crippen MR) is 111 cm³/mol. The molecule has 1 saturated heterocycles. The number of hydrogen-bond acceptors (Lipinski definition) is 4. The lowest BCUT2D eigenvalue weighted by atomic mass is 10.0. The summed E-state index contributed by atoms with van der Waals surface area (Å²) in [5, 5.41) is 12.2. The van der Waals surface area contributed by atoms with Crippen LogP contribution in [0.2, 0.25) is 5.02 Å². The Morgan fingerprint density at radius 3 is 2.96 bits per heavy atom. The van der Waals surface area contributed by atoms with Gasteiger partial charge in [0.1, 0.15) is 0 Å². The molecule has 1 aliphatic heterocycles. The number of halogens is 1. The number of carbonyl (C=O) groups is 1. The van der Waals surface area contributed by atoms with Crippen molar-refractivity contribution in [3.05, 3.63) is 52.7 Å². The number of amides is 2. The molecule has 28 heavy (non-hydrogen) atoms. The van der Waals surface area contributed by atoms with Gasteiger partial charge in [0.05, 0.1) is 6.04 Å². The third-order valence-corrected chi connectivity index (χ3v) is 6.28. The number of nitrogens with zero attached hydrogens (tertiary/aromatic N) is 4. The van der Waals surface area contributed by atoms with E-state index in [-0.39, 0.29) is 18.1 Å². The van der Waals surface area contributed by atoms with Crippen molar-refractivity contribution in [3.63, 3.8) is 0 Å². The van der Waals surface area contributed by atoms with E-state index >= 15 is 0 Å². The van der Waals surface area contributed by atoms with Gasteiger partial charge in [0.25, 0.3) is 0 Å². The highest BCUT2D eigenvalue weighted by molar-refractivity contribution is 6.31. The lowest BCUT2D eigenvalue weighted by Crippen LogP contribution is -2.52. The van der Waals surface area contributed by atoms with Crippen LogP contribution >= 0.6 is 11.6 Å². The molecule has 148 valence electrons. The molecule has 2 aliphatic rings. The Bertz CT molecular complexity index is 846. The normalized spacial score (nSPS) is 24.0. The standard InChI is InChI=1S/C21H26ClN5O/c1-14-11-15(7-8-18(14)22)17-12-19(17)24-21(28)26(2)16-5-4-10-27(13-16)20-6-3-9-23-25-20/h3,6-9,11,16-17,19H,4-5,10,12-13H2,1-2H3,(H,24,28)/t16-,17-,19+/m1/s1. The molecule has 0 bridgehead atoms. The minimum absolute atomic E-state index is 0.00387. The fourth-order valence-corrected chi connectivity index (χ4v) is 4.11. The molecule has 2 fully saturated rings. The first kappa shape index (κ1) is 19.0. The second-order valence-corrected chi connectivity index (χ2v) is 8.25. The zero-order chi connectivity index (χ0) is 19.7. The molecule has 0 spiro atoms. The molecule has 2 heterocycles. The predicted octanol–water partition coefficient (Wildman–Crippen LogP) is 3.60. The van der Waals surface area contributed by atoms with Crippen LogP contribution in [0.4, 0.5) is 10.6 Å². The zero-order valence-corrected chi connectivity index (χ0v) is 17.1. The van der Waals surface area contributed by atoms with Gasteiger partial charge in [-0.2, -0.15) is 5.10 Å². The largest absolute Gasteiger partial charge is 0.353 e. The quantitative estimate of drug-likeness (QED) is 0.853. The van der Waals surface area contributed by atoms with Crippen molar-refractivity contribution in [2.75, 3.05) is 25.0 Å². The van der Waals surface area contributed by atoms with Crippen LogP contribution in [0, 0.1) is 6.92 Å². The fourth-order valence-electron chi connectivity index (χ4n) is 3.99. The van der Waals surface area contributed by atoms with E-state index in [9.17, 15) is 4.79 Å². The van der Waals surface area contributed by atoms with E-state index in [0.29, 0.717) is 5.92 Å². The van der Waals surface area contributed by atoms with Crippen molar-refractivity contribution in [2.24, 2.45) is 0 Å². The minimum Gasteiger partial charge on any atom is -0.353 e. The first-order valence-electron chi connectivity index (χ1n) is 9.85. The molecule has 6 nitrogen and oxygen atoms in total. The van der Waals surface area contributed by atoms with E-state index in [1.165, 1.54) is 5.56 Å². The Morgan fingerprint density at radius 2 is 2.21 bits per heavy atom. The SMILES string of the molecule is Cc1cc([C@H]2C[C@@H]2NC(=O)N(C)[C@@H]2CCCN(c3cccnn3)C2)ccc1Cl. The van der Waals surface area contributed by atoms with Crippen molar-refractivity contribution in [3.8, 4) is 0 Å². The average molecular weight is 400 g/mol. The van der Waals surface area contributed by atoms with Crippen LogP contribution in [0.5, 0.6) is 0 Å². The smallest absolute Gasteiger partial charge is 0.317 e. The van der Waals surface area contributed by atoms with Gasteiger partial charge in [0.15, 0.2) is 5.82 Å². The number of nitrogens with one attached hydrogen (secondary N) is 1. The highest BCUT2D eigenvalue weighted by Crippen LogP contribution is 2.41. The molecule has 1 aromatic carbocycles. The van der Waals surface area contributed by atoms with Gasteiger partial charge >= 0.3 is 6.03 Å². The van der Waals surface area contributed by atoms with Gasteiger partial charge in [0, 0.05) is 43.3 Å². The molecular formula is C21H26ClN5O. The Hall–Kier alpha value is -2.34. The molecule has 0 radical (unpaired) electrons. The van der Waals surface area contributed by atoms with E-state index in [2.05, 4.69) is 32.5 Å². The molecule has 1 aromatic heterocycles. The van der Waals surface area contributed by atoms with Gasteiger partial charge in [-0.1, -0.05) is 23.7 Å². The van der Waals surface area contributed by atoms with Crippen LogP contribution in [-0.4, -0.2) is 53.3 Å². The monoisotopic (exact) mass is 399 g/mol. The number of aromatic nitrogens is 2. The van der Waals surface area contributed by atoms with Gasteiger partial charge in [-0.15, -0.1) is 5.10 Å². The summed E-state index contributed by atoms with van der Waals surface area (Å²) in [6.07, 6.45) is 4.70. The van der Waals surface area contributed by atoms with E-state index in [4.69, 9.17) is 11.6 Å². The number of rotatable bonds is 4. The summed E-state index contributed by atoms with van der Waals surface area (Å²) < 4.78 is 0. The van der Waals surface area contributed by atoms with Crippen molar-refractivity contribution >= 4 is 23.4 Å². The van der Waals surface area contributed by atoms with Crippen molar-refractivity contribution in [1.29, 1.82) is 0 Å². The minimum atomic E-state index is 0.00387. The average Bonchev–Trinajstić information content (AvgIpc) is 3.49. The van der Waals surface area contributed by atoms with Crippen LogP contribution in [0.25, 0.3) is 0 Å². The molecule has 1 N–H and O–H groups in total. The highest BCUT2D eigenvalue weighted by Gasteiger charge is 2.40. The van der Waals surface area contributed by atoms with E-state index < -0.39 is 0 Å². The van der Waals surface area contributed by atoms with Crippen molar-refractivity contribution in [2.45, 2.75) is 44.2 Å². The summed E-state index contributed by atoms with van der Waals surface area (Å²) in [4.78, 5) is 16.8. The molecule has 1 aliphatic carbocycles. The number of hydrogen-bond donors (Lipinski definition) is 1. The second kappa shape index (κ2) is 7.95. The second-order valence-electron chi connectivity index (χ2n) is 7.84. The molecule has 0 unspecified atom stereocenters. The first-order chi connectivity index (χ1) is 13.5. The van der Waals surface area contributed by atoms with Gasteiger partial charge in [-0.3, -0.25) is 0 Å². The molecule has 4 rings (SSSR count). The summed E-state index contributed by atoms with van der Waals surface area (Å²) in [7, 11) is 1.89. The van der Waals surface area contributed by atoms with Crippen LogP contribution < -0.4 is 10.2 Å². The number of urea groups is 1. The summed E-state index contributed by atoms with van der Waals surface area (Å²) in [5.41, 5.74) is 2.33. The number of benzene rings is 1. The van der Waals surface area contributed by atoms with Gasteiger partial charge in [-0.05, 0) is 55.5 Å². The molecular weight excluding hydrogens is 374 g/mol. The summed E-state index contributed by atoms with van der Waals surface area (Å²) in [6.45, 7) is 3.75. The number of piperidine rings is 1. The molecule has 2 aromatic rings. The summed E-state index contributed by atoms with van der Waals surface area (Å²) in [5.74, 6) is 1.26. The summed E-state index contributed by atoms with van der Waals surface area (Å²) in [6, 6.07) is 10.4. The number of likely N-dealkylation sites (N-methyl/N-ethyl adjacent to an activating group) is 1. The van der Waals surface area contributed by atoms with Crippen LogP contribution in [0.3, 0.4) is 0 Å². The first-order valence-corrected chi connectivity index (χ1v) is 10.2. The van der Waals surface area contributed by atoms with Crippen LogP contribution in [0.15, 0.2) is 36.5 Å². The molecule has 7 heteroatoms. The van der Waals surface area contributed by atoms with E-state index in [0.717, 1.165) is 48.8 Å². The van der Waals surface area contributed by atoms with Crippen molar-refractivity contribution < 1.29 is 4.79 Å². The van der Waals surface area contributed by atoms with Crippen LogP contribution in [0.1, 0.15) is 36.3 Å². The maximum Gasteiger partial charge on any atom is 0.317 e. The Morgan fingerprint density at radius 1 is 1.36 bits per heavy atom. The molecule has 1 saturated carbocycles. The Kier molecular flexibility index (Phi) is 5.40. The fraction of sp³-hybridized carbons (Fsp3) is 0.476. The van der Waals surface area contributed by atoms with E-state index in [1.807, 2.05) is 37.1 Å². The number of aryl methyl sites for hydroxylation is 1. The van der Waals surface area contributed by atoms with Crippen molar-refractivity contribution in [1.82, 2.24) is 20.4 Å². The van der Waals surface area contributed by atoms with Crippen LogP contribution in [-0.2, 0) is 0 Å². The van der Waals surface area contributed by atoms with E-state index in [1.54, 1.807) is 6.20 Å². The maximum absolute atomic E-state index is 12.8. The zero-order valence-electron chi connectivity index (χ0n) is 16.3. The topological polar surface area (TPSA) is 61.4 Å². The molecule has 3 atom stereocenters. The lowest BCUT2D eigenvalue weighted by molar-refractivity contribution is 0.182. The van der Waals surface area contributed by atoms with Gasteiger partial charge in [0.2, 0.25) is 0 Å². The number of anilines is 1. The number of carbonyl (C=O) groups excluding carboxylic acids is 1. The summed E-state index contributed by atoms with van der Waals surface area (Å²) >= 11 is 6.12. The molecule has 2 amide bonds. The van der Waals surface area contributed by atoms with Gasteiger partial charge < -0.3 is 15.1 Å². The third-order valence-electron chi connectivity index (χ3n) is 5.86. The third kappa shape index (κ3) is 4.07.